The fraction of sp³-hybridized carbons (Fsp3) is 0.261. The molecule has 1 saturated heterocycles. The third kappa shape index (κ3) is 4.14. The van der Waals surface area contributed by atoms with Crippen molar-refractivity contribution in [2.24, 2.45) is 0 Å². The van der Waals surface area contributed by atoms with E-state index in [9.17, 15) is 9.18 Å². The number of rotatable bonds is 3. The SMILES string of the molecule is Cc1nc(-c2ccc(Cl)cc2)nc(N2CCN(C(=O)c3cccc(F)c3)CC2)c1C. The fourth-order valence-corrected chi connectivity index (χ4v) is 3.70. The minimum Gasteiger partial charge on any atom is -0.353 e. The van der Waals surface area contributed by atoms with Crippen LogP contribution in [0.4, 0.5) is 10.2 Å². The van der Waals surface area contributed by atoms with Crippen LogP contribution in [0.25, 0.3) is 11.4 Å². The first kappa shape index (κ1) is 20.3. The summed E-state index contributed by atoms with van der Waals surface area (Å²) in [6, 6.07) is 13.3. The zero-order valence-electron chi connectivity index (χ0n) is 16.9. The molecule has 0 radical (unpaired) electrons. The molecular formula is C23H22ClFN4O. The van der Waals surface area contributed by atoms with Gasteiger partial charge in [-0.3, -0.25) is 4.79 Å². The number of piperazine rings is 1. The minimum atomic E-state index is -0.402. The number of aryl methyl sites for hydroxylation is 1. The van der Waals surface area contributed by atoms with Crippen molar-refractivity contribution in [2.45, 2.75) is 13.8 Å². The molecule has 154 valence electrons. The maximum absolute atomic E-state index is 13.5. The molecule has 1 fully saturated rings. The molecule has 0 spiro atoms. The third-order valence-electron chi connectivity index (χ3n) is 5.40. The van der Waals surface area contributed by atoms with Gasteiger partial charge in [-0.25, -0.2) is 14.4 Å². The number of anilines is 1. The first-order chi connectivity index (χ1) is 14.4. The predicted molar refractivity (Wildman–Crippen MR) is 116 cm³/mol. The zero-order valence-corrected chi connectivity index (χ0v) is 17.7. The van der Waals surface area contributed by atoms with Crippen LogP contribution in [0, 0.1) is 19.7 Å². The molecule has 0 N–H and O–H groups in total. The summed E-state index contributed by atoms with van der Waals surface area (Å²) in [6.45, 7) is 6.39. The van der Waals surface area contributed by atoms with Gasteiger partial charge >= 0.3 is 0 Å². The van der Waals surface area contributed by atoms with E-state index in [1.165, 1.54) is 12.1 Å². The molecule has 0 saturated carbocycles. The van der Waals surface area contributed by atoms with E-state index in [0.717, 1.165) is 22.6 Å². The van der Waals surface area contributed by atoms with E-state index in [1.54, 1.807) is 17.0 Å². The molecule has 30 heavy (non-hydrogen) atoms. The topological polar surface area (TPSA) is 49.3 Å². The van der Waals surface area contributed by atoms with Crippen LogP contribution in [0.5, 0.6) is 0 Å². The van der Waals surface area contributed by atoms with Gasteiger partial charge in [-0.2, -0.15) is 0 Å². The van der Waals surface area contributed by atoms with E-state index in [2.05, 4.69) is 9.88 Å². The Labute approximate surface area is 180 Å². The van der Waals surface area contributed by atoms with Crippen LogP contribution < -0.4 is 4.90 Å². The van der Waals surface area contributed by atoms with Crippen molar-refractivity contribution in [1.82, 2.24) is 14.9 Å². The molecule has 2 aromatic carbocycles. The average molecular weight is 425 g/mol. The molecule has 1 amide bonds. The lowest BCUT2D eigenvalue weighted by atomic mass is 10.1. The Morgan fingerprint density at radius 1 is 1.00 bits per heavy atom. The number of carbonyl (C=O) groups is 1. The van der Waals surface area contributed by atoms with Crippen LogP contribution >= 0.6 is 11.6 Å². The molecule has 1 aliphatic heterocycles. The number of benzene rings is 2. The molecule has 1 aliphatic rings. The summed E-state index contributed by atoms with van der Waals surface area (Å²) in [5, 5.41) is 0.668. The van der Waals surface area contributed by atoms with Gasteiger partial charge in [0.05, 0.1) is 0 Å². The number of carbonyl (C=O) groups excluding carboxylic acids is 1. The third-order valence-corrected chi connectivity index (χ3v) is 5.66. The lowest BCUT2D eigenvalue weighted by Crippen LogP contribution is -2.49. The lowest BCUT2D eigenvalue weighted by Gasteiger charge is -2.36. The molecule has 5 nitrogen and oxygen atoms in total. The van der Waals surface area contributed by atoms with Crippen molar-refractivity contribution < 1.29 is 9.18 Å². The summed E-state index contributed by atoms with van der Waals surface area (Å²) in [6.07, 6.45) is 0. The maximum atomic E-state index is 13.5. The molecule has 2 heterocycles. The summed E-state index contributed by atoms with van der Waals surface area (Å²) in [4.78, 5) is 26.1. The molecule has 0 unspecified atom stereocenters. The molecule has 0 atom stereocenters. The van der Waals surface area contributed by atoms with Gasteiger partial charge in [0.2, 0.25) is 0 Å². The van der Waals surface area contributed by atoms with Crippen LogP contribution in [-0.2, 0) is 0 Å². The van der Waals surface area contributed by atoms with Crippen LogP contribution in [0.15, 0.2) is 48.5 Å². The van der Waals surface area contributed by atoms with Crippen molar-refractivity contribution in [2.75, 3.05) is 31.1 Å². The van der Waals surface area contributed by atoms with Crippen molar-refractivity contribution in [3.05, 3.63) is 76.2 Å². The highest BCUT2D eigenvalue weighted by Gasteiger charge is 2.25. The fourth-order valence-electron chi connectivity index (χ4n) is 3.58. The number of aromatic nitrogens is 2. The Kier molecular flexibility index (Phi) is 5.68. The van der Waals surface area contributed by atoms with Gasteiger partial charge in [0, 0.05) is 53.6 Å². The average Bonchev–Trinajstić information content (AvgIpc) is 2.76. The van der Waals surface area contributed by atoms with E-state index in [4.69, 9.17) is 16.6 Å². The maximum Gasteiger partial charge on any atom is 0.254 e. The van der Waals surface area contributed by atoms with Crippen molar-refractivity contribution in [1.29, 1.82) is 0 Å². The van der Waals surface area contributed by atoms with Crippen molar-refractivity contribution >= 4 is 23.3 Å². The minimum absolute atomic E-state index is 0.147. The van der Waals surface area contributed by atoms with E-state index in [1.807, 2.05) is 38.1 Å². The zero-order chi connectivity index (χ0) is 21.3. The molecule has 3 aromatic rings. The highest BCUT2D eigenvalue weighted by molar-refractivity contribution is 6.30. The largest absolute Gasteiger partial charge is 0.353 e. The Morgan fingerprint density at radius 3 is 2.37 bits per heavy atom. The number of halogens is 2. The van der Waals surface area contributed by atoms with E-state index in [0.29, 0.717) is 42.6 Å². The van der Waals surface area contributed by atoms with Gasteiger partial charge in [0.25, 0.3) is 5.91 Å². The van der Waals surface area contributed by atoms with Crippen LogP contribution in [0.3, 0.4) is 0 Å². The second-order valence-corrected chi connectivity index (χ2v) is 7.81. The first-order valence-corrected chi connectivity index (χ1v) is 10.2. The standard InChI is InChI=1S/C23H22ClFN4O/c1-15-16(2)26-21(17-6-8-19(24)9-7-17)27-22(15)28-10-12-29(13-11-28)23(30)18-4-3-5-20(25)14-18/h3-9,14H,10-13H2,1-2H3. The van der Waals surface area contributed by atoms with Crippen LogP contribution in [-0.4, -0.2) is 47.0 Å². The van der Waals surface area contributed by atoms with Crippen LogP contribution in [0.2, 0.25) is 5.02 Å². The molecule has 0 aliphatic carbocycles. The Hall–Kier alpha value is -2.99. The van der Waals surface area contributed by atoms with Gasteiger partial charge < -0.3 is 9.80 Å². The number of hydrogen-bond donors (Lipinski definition) is 0. The summed E-state index contributed by atoms with van der Waals surface area (Å²) in [5.74, 6) is 0.987. The van der Waals surface area contributed by atoms with Crippen LogP contribution in [0.1, 0.15) is 21.6 Å². The van der Waals surface area contributed by atoms with Gasteiger partial charge in [0.15, 0.2) is 5.82 Å². The van der Waals surface area contributed by atoms with E-state index < -0.39 is 5.82 Å². The van der Waals surface area contributed by atoms with Gasteiger partial charge in [-0.15, -0.1) is 0 Å². The first-order valence-electron chi connectivity index (χ1n) is 9.83. The smallest absolute Gasteiger partial charge is 0.254 e. The normalized spacial score (nSPS) is 14.1. The lowest BCUT2D eigenvalue weighted by molar-refractivity contribution is 0.0746. The summed E-state index contributed by atoms with van der Waals surface area (Å²) in [7, 11) is 0. The molecule has 1 aromatic heterocycles. The van der Waals surface area contributed by atoms with E-state index in [-0.39, 0.29) is 5.91 Å². The predicted octanol–water partition coefficient (Wildman–Crippen LogP) is 4.52. The second-order valence-electron chi connectivity index (χ2n) is 7.38. The summed E-state index contributed by atoms with van der Waals surface area (Å²) in [5.41, 5.74) is 3.23. The quantitative estimate of drug-likeness (QED) is 0.620. The summed E-state index contributed by atoms with van der Waals surface area (Å²) >= 11 is 6.00. The Balaban J connectivity index is 1.53. The highest BCUT2D eigenvalue weighted by Crippen LogP contribution is 2.26. The molecule has 7 heteroatoms. The van der Waals surface area contributed by atoms with E-state index >= 15 is 0 Å². The number of hydrogen-bond acceptors (Lipinski definition) is 4. The molecular weight excluding hydrogens is 403 g/mol. The highest BCUT2D eigenvalue weighted by atomic mass is 35.5. The molecule has 4 rings (SSSR count). The van der Waals surface area contributed by atoms with Gasteiger partial charge in [0.1, 0.15) is 11.6 Å². The molecule has 0 bridgehead atoms. The number of amides is 1. The Bertz CT molecular complexity index is 1080. The number of nitrogens with zero attached hydrogens (tertiary/aromatic N) is 4. The van der Waals surface area contributed by atoms with Crippen molar-refractivity contribution in [3.8, 4) is 11.4 Å². The monoisotopic (exact) mass is 424 g/mol. The van der Waals surface area contributed by atoms with Gasteiger partial charge in [-0.05, 0) is 56.3 Å². The Morgan fingerprint density at radius 2 is 1.70 bits per heavy atom. The van der Waals surface area contributed by atoms with Crippen molar-refractivity contribution in [3.63, 3.8) is 0 Å². The second kappa shape index (κ2) is 8.40. The summed E-state index contributed by atoms with van der Waals surface area (Å²) < 4.78 is 13.5. The van der Waals surface area contributed by atoms with Gasteiger partial charge in [-0.1, -0.05) is 17.7 Å².